The lowest BCUT2D eigenvalue weighted by Crippen LogP contribution is -2.50. The van der Waals surface area contributed by atoms with Crippen LogP contribution in [0.15, 0.2) is 0 Å². The molecule has 5 nitrogen and oxygen atoms in total. The lowest BCUT2D eigenvalue weighted by molar-refractivity contribution is -0.144. The Bertz CT molecular complexity index is 388. The van der Waals surface area contributed by atoms with Crippen LogP contribution in [0, 0.1) is 28.1 Å². The van der Waals surface area contributed by atoms with Crippen molar-refractivity contribution in [2.45, 2.75) is 31.8 Å². The Balaban J connectivity index is 2.09. The molecule has 0 radical (unpaired) electrons. The third kappa shape index (κ3) is 2.11. The summed E-state index contributed by atoms with van der Waals surface area (Å²) in [6.45, 7) is 1.16. The number of nitrogens with zero attached hydrogens (tertiary/aromatic N) is 3. The molecular weight excluding hydrogens is 218 g/mol. The fourth-order valence-corrected chi connectivity index (χ4v) is 2.57. The van der Waals surface area contributed by atoms with Gasteiger partial charge in [-0.3, -0.25) is 4.79 Å². The highest BCUT2D eigenvalue weighted by Gasteiger charge is 2.44. The van der Waals surface area contributed by atoms with Gasteiger partial charge in [0.2, 0.25) is 5.91 Å². The molecule has 0 N–H and O–H groups in total. The van der Waals surface area contributed by atoms with Gasteiger partial charge in [-0.15, -0.1) is 0 Å². The largest absolute Gasteiger partial charge is 0.360 e. The maximum Gasteiger partial charge on any atom is 0.243 e. The van der Waals surface area contributed by atoms with Crippen molar-refractivity contribution in [3.05, 3.63) is 0 Å². The van der Waals surface area contributed by atoms with Crippen molar-refractivity contribution in [3.63, 3.8) is 0 Å². The molecule has 0 aromatic rings. The van der Waals surface area contributed by atoms with Gasteiger partial charge in [0.1, 0.15) is 5.41 Å². The van der Waals surface area contributed by atoms with E-state index in [1.165, 1.54) is 0 Å². The highest BCUT2D eigenvalue weighted by molar-refractivity contribution is 5.86. The van der Waals surface area contributed by atoms with Crippen molar-refractivity contribution < 1.29 is 9.53 Å². The molecule has 2 fully saturated rings. The molecular formula is C12H15N3O2. The molecule has 1 amide bonds. The molecule has 0 aromatic heterocycles. The molecule has 1 saturated carbocycles. The number of ether oxygens (including phenoxy) is 1. The maximum absolute atomic E-state index is 12.4. The van der Waals surface area contributed by atoms with Crippen LogP contribution in [0.1, 0.15) is 25.7 Å². The first-order chi connectivity index (χ1) is 8.22. The van der Waals surface area contributed by atoms with E-state index in [9.17, 15) is 10.1 Å². The second kappa shape index (κ2) is 4.73. The van der Waals surface area contributed by atoms with E-state index in [2.05, 4.69) is 6.07 Å². The average Bonchev–Trinajstić information content (AvgIpc) is 2.88. The first-order valence-electron chi connectivity index (χ1n) is 5.94. The van der Waals surface area contributed by atoms with Crippen molar-refractivity contribution in [2.75, 3.05) is 19.7 Å². The third-order valence-corrected chi connectivity index (χ3v) is 3.58. The normalized spacial score (nSPS) is 27.2. The van der Waals surface area contributed by atoms with Gasteiger partial charge >= 0.3 is 0 Å². The molecule has 17 heavy (non-hydrogen) atoms. The maximum atomic E-state index is 12.4. The van der Waals surface area contributed by atoms with Crippen molar-refractivity contribution in [2.24, 2.45) is 5.41 Å². The minimum absolute atomic E-state index is 0.110. The van der Waals surface area contributed by atoms with Crippen LogP contribution in [0.2, 0.25) is 0 Å². The summed E-state index contributed by atoms with van der Waals surface area (Å²) >= 11 is 0. The van der Waals surface area contributed by atoms with E-state index in [1.54, 1.807) is 4.90 Å². The molecule has 0 aromatic carbocycles. The molecule has 5 heteroatoms. The molecule has 1 atom stereocenters. The molecule has 90 valence electrons. The monoisotopic (exact) mass is 233 g/mol. The van der Waals surface area contributed by atoms with E-state index in [0.29, 0.717) is 32.5 Å². The van der Waals surface area contributed by atoms with Crippen LogP contribution in [-0.2, 0) is 9.53 Å². The summed E-state index contributed by atoms with van der Waals surface area (Å²) in [6.07, 6.45) is 2.62. The Morgan fingerprint density at radius 2 is 2.06 bits per heavy atom. The SMILES string of the molecule is N#CC1CN(C(=O)C2(C#N)CCCC2)CCO1. The van der Waals surface area contributed by atoms with Gasteiger partial charge in [0.25, 0.3) is 0 Å². The number of hydrogen-bond donors (Lipinski definition) is 0. The first-order valence-corrected chi connectivity index (χ1v) is 5.94. The zero-order chi connectivity index (χ0) is 12.3. The topological polar surface area (TPSA) is 77.1 Å². The molecule has 1 saturated heterocycles. The fourth-order valence-electron chi connectivity index (χ4n) is 2.57. The van der Waals surface area contributed by atoms with Crippen LogP contribution < -0.4 is 0 Å². The number of carbonyl (C=O) groups is 1. The smallest absolute Gasteiger partial charge is 0.243 e. The van der Waals surface area contributed by atoms with E-state index in [-0.39, 0.29) is 5.91 Å². The van der Waals surface area contributed by atoms with Gasteiger partial charge in [-0.1, -0.05) is 12.8 Å². The molecule has 1 heterocycles. The van der Waals surface area contributed by atoms with E-state index >= 15 is 0 Å². The first kappa shape index (κ1) is 11.9. The van der Waals surface area contributed by atoms with Gasteiger partial charge in [-0.2, -0.15) is 10.5 Å². The molecule has 1 aliphatic heterocycles. The zero-order valence-corrected chi connectivity index (χ0v) is 9.69. The quantitative estimate of drug-likeness (QED) is 0.671. The molecule has 2 rings (SSSR count). The van der Waals surface area contributed by atoms with Gasteiger partial charge in [-0.05, 0) is 12.8 Å². The van der Waals surface area contributed by atoms with Crippen LogP contribution in [0.4, 0.5) is 0 Å². The second-order valence-electron chi connectivity index (χ2n) is 4.64. The number of nitriles is 2. The van der Waals surface area contributed by atoms with Gasteiger partial charge < -0.3 is 9.64 Å². The minimum atomic E-state index is -0.836. The fraction of sp³-hybridized carbons (Fsp3) is 0.750. The van der Waals surface area contributed by atoms with Crippen molar-refractivity contribution in [1.82, 2.24) is 4.90 Å². The summed E-state index contributed by atoms with van der Waals surface area (Å²) in [5.41, 5.74) is -0.836. The molecule has 0 spiro atoms. The van der Waals surface area contributed by atoms with Crippen LogP contribution >= 0.6 is 0 Å². The zero-order valence-electron chi connectivity index (χ0n) is 9.69. The van der Waals surface area contributed by atoms with Crippen LogP contribution in [-0.4, -0.2) is 36.6 Å². The summed E-state index contributed by atoms with van der Waals surface area (Å²) in [6, 6.07) is 4.20. The predicted molar refractivity (Wildman–Crippen MR) is 58.4 cm³/mol. The van der Waals surface area contributed by atoms with Crippen molar-refractivity contribution in [1.29, 1.82) is 10.5 Å². The van der Waals surface area contributed by atoms with Crippen molar-refractivity contribution >= 4 is 5.91 Å². The Hall–Kier alpha value is -1.59. The molecule has 1 aliphatic carbocycles. The number of rotatable bonds is 1. The highest BCUT2D eigenvalue weighted by atomic mass is 16.5. The Morgan fingerprint density at radius 1 is 1.35 bits per heavy atom. The molecule has 2 aliphatic rings. The average molecular weight is 233 g/mol. The Labute approximate surface area is 101 Å². The second-order valence-corrected chi connectivity index (χ2v) is 4.64. The van der Waals surface area contributed by atoms with E-state index in [0.717, 1.165) is 12.8 Å². The minimum Gasteiger partial charge on any atom is -0.360 e. The van der Waals surface area contributed by atoms with Gasteiger partial charge in [0, 0.05) is 6.54 Å². The summed E-state index contributed by atoms with van der Waals surface area (Å²) in [5.74, 6) is -0.110. The lowest BCUT2D eigenvalue weighted by Gasteiger charge is -2.34. The third-order valence-electron chi connectivity index (χ3n) is 3.58. The predicted octanol–water partition coefficient (Wildman–Crippen LogP) is 0.821. The summed E-state index contributed by atoms with van der Waals surface area (Å²) < 4.78 is 5.20. The highest BCUT2D eigenvalue weighted by Crippen LogP contribution is 2.39. The Kier molecular flexibility index (Phi) is 3.31. The summed E-state index contributed by atoms with van der Waals surface area (Å²) in [4.78, 5) is 14.0. The number of morpholine rings is 1. The number of amides is 1. The van der Waals surface area contributed by atoms with E-state index in [4.69, 9.17) is 10.00 Å². The van der Waals surface area contributed by atoms with Crippen LogP contribution in [0.25, 0.3) is 0 Å². The number of carbonyl (C=O) groups excluding carboxylic acids is 1. The van der Waals surface area contributed by atoms with E-state index < -0.39 is 11.5 Å². The van der Waals surface area contributed by atoms with Crippen molar-refractivity contribution in [3.8, 4) is 12.1 Å². The summed E-state index contributed by atoms with van der Waals surface area (Å²) in [5, 5.41) is 18.0. The molecule has 0 bridgehead atoms. The standard InChI is InChI=1S/C12H15N3O2/c13-7-10-8-15(5-6-17-10)11(16)12(9-14)3-1-2-4-12/h10H,1-6,8H2. The van der Waals surface area contributed by atoms with E-state index in [1.807, 2.05) is 6.07 Å². The van der Waals surface area contributed by atoms with Crippen LogP contribution in [0.3, 0.4) is 0 Å². The van der Waals surface area contributed by atoms with Gasteiger partial charge in [0.05, 0.1) is 25.3 Å². The lowest BCUT2D eigenvalue weighted by atomic mass is 9.86. The molecule has 1 unspecified atom stereocenters. The number of hydrogen-bond acceptors (Lipinski definition) is 4. The van der Waals surface area contributed by atoms with Crippen LogP contribution in [0.5, 0.6) is 0 Å². The van der Waals surface area contributed by atoms with Gasteiger partial charge in [-0.25, -0.2) is 0 Å². The Morgan fingerprint density at radius 3 is 2.65 bits per heavy atom. The van der Waals surface area contributed by atoms with Gasteiger partial charge in [0.15, 0.2) is 6.10 Å². The summed E-state index contributed by atoms with van der Waals surface area (Å²) in [7, 11) is 0.